The molecule has 0 aliphatic carbocycles. The molecule has 0 saturated carbocycles. The van der Waals surface area contributed by atoms with E-state index in [0.29, 0.717) is 17.7 Å². The van der Waals surface area contributed by atoms with Gasteiger partial charge in [0.1, 0.15) is 12.1 Å². The quantitative estimate of drug-likeness (QED) is 0.359. The molecule has 3 aromatic carbocycles. The van der Waals surface area contributed by atoms with E-state index in [2.05, 4.69) is 10.6 Å². The lowest BCUT2D eigenvalue weighted by Crippen LogP contribution is -2.50. The third-order valence-electron chi connectivity index (χ3n) is 6.28. The average Bonchev–Trinajstić information content (AvgIpc) is 3.25. The molecule has 1 fully saturated rings. The molecule has 3 N–H and O–H groups in total. The number of likely N-dealkylation sites (tertiary alicyclic amines) is 1. The number of carboxylic acids is 1. The molecule has 0 aromatic heterocycles. The summed E-state index contributed by atoms with van der Waals surface area (Å²) in [5, 5.41) is 15.5. The second-order valence-corrected chi connectivity index (χ2v) is 9.73. The maximum Gasteiger partial charge on any atom is 0.326 e. The molecule has 196 valence electrons. The molecule has 1 heterocycles. The van der Waals surface area contributed by atoms with Gasteiger partial charge in [-0.05, 0) is 41.8 Å². The molecular weight excluding hydrogens is 529 g/mol. The van der Waals surface area contributed by atoms with Crippen LogP contribution in [0.2, 0.25) is 10.0 Å². The van der Waals surface area contributed by atoms with Gasteiger partial charge in [-0.15, -0.1) is 0 Å². The number of hydrogen-bond acceptors (Lipinski definition) is 4. The summed E-state index contributed by atoms with van der Waals surface area (Å²) in [5.41, 5.74) is 2.14. The van der Waals surface area contributed by atoms with Crippen molar-refractivity contribution in [3.05, 3.63) is 99.5 Å². The summed E-state index contributed by atoms with van der Waals surface area (Å²) in [6, 6.07) is 18.7. The molecule has 1 saturated heterocycles. The van der Waals surface area contributed by atoms with E-state index in [-0.39, 0.29) is 40.9 Å². The van der Waals surface area contributed by atoms with E-state index < -0.39 is 29.9 Å². The third kappa shape index (κ3) is 6.51. The molecule has 3 aromatic rings. The van der Waals surface area contributed by atoms with Gasteiger partial charge < -0.3 is 20.6 Å². The van der Waals surface area contributed by atoms with Crippen molar-refractivity contribution < 1.29 is 24.3 Å². The van der Waals surface area contributed by atoms with E-state index in [4.69, 9.17) is 23.2 Å². The van der Waals surface area contributed by atoms with Gasteiger partial charge in [0.05, 0.1) is 15.6 Å². The number of anilines is 1. The fourth-order valence-electron chi connectivity index (χ4n) is 4.32. The SMILES string of the molecule is O=C(Nc1ccc(C[C@H](NC(=O)[C@H]2CCC(=O)N2Cc2ccccc2)C(=O)O)cc1)c1c(Cl)cccc1Cl. The molecule has 4 rings (SSSR count). The maximum absolute atomic E-state index is 13.0. The molecule has 10 heteroatoms. The standard InChI is InChI=1S/C28H25Cl2N3O5/c29-20-7-4-8-21(30)25(20)27(36)31-19-11-9-17(10-12-19)15-22(28(37)38)32-26(35)23-13-14-24(34)33(23)16-18-5-2-1-3-6-18/h1-12,22-23H,13-16H2,(H,31,36)(H,32,35)(H,37,38)/t22-,23+/m0/s1. The van der Waals surface area contributed by atoms with Crippen LogP contribution in [0, 0.1) is 0 Å². The van der Waals surface area contributed by atoms with Crippen LogP contribution >= 0.6 is 23.2 Å². The van der Waals surface area contributed by atoms with Crippen LogP contribution in [0.1, 0.15) is 34.3 Å². The monoisotopic (exact) mass is 553 g/mol. The molecule has 0 bridgehead atoms. The van der Waals surface area contributed by atoms with Crippen molar-refractivity contribution >= 4 is 52.6 Å². The van der Waals surface area contributed by atoms with Gasteiger partial charge in [0, 0.05) is 25.1 Å². The second-order valence-electron chi connectivity index (χ2n) is 8.91. The number of nitrogens with one attached hydrogen (secondary N) is 2. The Morgan fingerprint density at radius 3 is 2.21 bits per heavy atom. The van der Waals surface area contributed by atoms with Gasteiger partial charge in [0.15, 0.2) is 0 Å². The number of nitrogens with zero attached hydrogens (tertiary/aromatic N) is 1. The minimum Gasteiger partial charge on any atom is -0.480 e. The average molecular weight is 554 g/mol. The summed E-state index contributed by atoms with van der Waals surface area (Å²) in [7, 11) is 0. The maximum atomic E-state index is 13.0. The van der Waals surface area contributed by atoms with E-state index in [0.717, 1.165) is 5.56 Å². The van der Waals surface area contributed by atoms with Crippen LogP contribution in [0.25, 0.3) is 0 Å². The third-order valence-corrected chi connectivity index (χ3v) is 6.91. The van der Waals surface area contributed by atoms with Crippen molar-refractivity contribution in [2.45, 2.75) is 37.9 Å². The first-order valence-electron chi connectivity index (χ1n) is 11.9. The molecule has 0 radical (unpaired) electrons. The van der Waals surface area contributed by atoms with Crippen molar-refractivity contribution in [3.63, 3.8) is 0 Å². The van der Waals surface area contributed by atoms with Gasteiger partial charge in [-0.1, -0.05) is 71.7 Å². The predicted octanol–water partition coefficient (Wildman–Crippen LogP) is 4.55. The Morgan fingerprint density at radius 1 is 0.921 bits per heavy atom. The van der Waals surface area contributed by atoms with Crippen LogP contribution in [0.15, 0.2) is 72.8 Å². The van der Waals surface area contributed by atoms with Gasteiger partial charge in [0.25, 0.3) is 5.91 Å². The van der Waals surface area contributed by atoms with Crippen LogP contribution in [-0.4, -0.2) is 45.8 Å². The first-order valence-corrected chi connectivity index (χ1v) is 12.7. The van der Waals surface area contributed by atoms with Gasteiger partial charge >= 0.3 is 5.97 Å². The molecule has 38 heavy (non-hydrogen) atoms. The van der Waals surface area contributed by atoms with Crippen LogP contribution in [0.4, 0.5) is 5.69 Å². The first kappa shape index (κ1) is 27.2. The zero-order valence-electron chi connectivity index (χ0n) is 20.2. The highest BCUT2D eigenvalue weighted by molar-refractivity contribution is 6.40. The molecule has 3 amide bonds. The van der Waals surface area contributed by atoms with Crippen LogP contribution in [0.3, 0.4) is 0 Å². The Morgan fingerprint density at radius 2 is 1.58 bits per heavy atom. The molecule has 0 unspecified atom stereocenters. The molecular formula is C28H25Cl2N3O5. The first-order chi connectivity index (χ1) is 18.2. The lowest BCUT2D eigenvalue weighted by molar-refractivity contribution is -0.143. The van der Waals surface area contributed by atoms with Crippen molar-refractivity contribution in [1.29, 1.82) is 0 Å². The van der Waals surface area contributed by atoms with E-state index >= 15 is 0 Å². The van der Waals surface area contributed by atoms with Crippen molar-refractivity contribution in [1.82, 2.24) is 10.2 Å². The molecule has 2 atom stereocenters. The Bertz CT molecular complexity index is 1330. The number of hydrogen-bond donors (Lipinski definition) is 3. The topological polar surface area (TPSA) is 116 Å². The van der Waals surface area contributed by atoms with Crippen molar-refractivity contribution in [2.75, 3.05) is 5.32 Å². The summed E-state index contributed by atoms with van der Waals surface area (Å²) >= 11 is 12.2. The zero-order chi connectivity index (χ0) is 27.2. The van der Waals surface area contributed by atoms with Crippen molar-refractivity contribution in [2.24, 2.45) is 0 Å². The summed E-state index contributed by atoms with van der Waals surface area (Å²) < 4.78 is 0. The van der Waals surface area contributed by atoms with Crippen molar-refractivity contribution in [3.8, 4) is 0 Å². The zero-order valence-corrected chi connectivity index (χ0v) is 21.7. The van der Waals surface area contributed by atoms with Crippen LogP contribution in [-0.2, 0) is 27.3 Å². The van der Waals surface area contributed by atoms with Gasteiger partial charge in [-0.2, -0.15) is 0 Å². The largest absolute Gasteiger partial charge is 0.480 e. The van der Waals surface area contributed by atoms with Gasteiger partial charge in [0.2, 0.25) is 11.8 Å². The summed E-state index contributed by atoms with van der Waals surface area (Å²) in [4.78, 5) is 51.5. The molecule has 1 aliphatic rings. The lowest BCUT2D eigenvalue weighted by atomic mass is 10.0. The highest BCUT2D eigenvalue weighted by Gasteiger charge is 2.37. The Hall–Kier alpha value is -3.88. The number of aliphatic carboxylic acids is 1. The Labute approximate surface area is 229 Å². The number of halogens is 2. The summed E-state index contributed by atoms with van der Waals surface area (Å²) in [6.07, 6.45) is 0.577. The number of benzene rings is 3. The minimum absolute atomic E-state index is 0.0188. The molecule has 8 nitrogen and oxygen atoms in total. The smallest absolute Gasteiger partial charge is 0.326 e. The van der Waals surface area contributed by atoms with Gasteiger partial charge in [-0.25, -0.2) is 4.79 Å². The van der Waals surface area contributed by atoms with E-state index in [1.54, 1.807) is 42.5 Å². The molecule has 0 spiro atoms. The van der Waals surface area contributed by atoms with Gasteiger partial charge in [-0.3, -0.25) is 14.4 Å². The number of rotatable bonds is 9. The minimum atomic E-state index is -1.20. The number of carboxylic acid groups (broad SMARTS) is 1. The Kier molecular flexibility index (Phi) is 8.66. The lowest BCUT2D eigenvalue weighted by Gasteiger charge is -2.26. The summed E-state index contributed by atoms with van der Waals surface area (Å²) in [5.74, 6) is -2.31. The van der Waals surface area contributed by atoms with Crippen LogP contribution in [0.5, 0.6) is 0 Å². The van der Waals surface area contributed by atoms with Crippen LogP contribution < -0.4 is 10.6 Å². The predicted molar refractivity (Wildman–Crippen MR) is 144 cm³/mol. The second kappa shape index (κ2) is 12.1. The highest BCUT2D eigenvalue weighted by Crippen LogP contribution is 2.26. The Balaban J connectivity index is 1.39. The van der Waals surface area contributed by atoms with E-state index in [1.165, 1.54) is 4.90 Å². The highest BCUT2D eigenvalue weighted by atomic mass is 35.5. The fraction of sp³-hybridized carbons (Fsp3) is 0.214. The summed E-state index contributed by atoms with van der Waals surface area (Å²) in [6.45, 7) is 0.280. The molecule has 1 aliphatic heterocycles. The van der Waals surface area contributed by atoms with E-state index in [1.807, 2.05) is 30.3 Å². The number of carbonyl (C=O) groups is 4. The number of amides is 3. The number of carbonyl (C=O) groups excluding carboxylic acids is 3. The fourth-order valence-corrected chi connectivity index (χ4v) is 4.89. The normalized spacial score (nSPS) is 15.7. The van der Waals surface area contributed by atoms with E-state index in [9.17, 15) is 24.3 Å².